The summed E-state index contributed by atoms with van der Waals surface area (Å²) in [5, 5.41) is 7.95. The first-order chi connectivity index (χ1) is 14.3. The molecule has 1 aliphatic rings. The molecule has 0 spiro atoms. The van der Waals surface area contributed by atoms with Crippen LogP contribution in [-0.2, 0) is 21.4 Å². The second-order valence-corrected chi connectivity index (χ2v) is 9.39. The van der Waals surface area contributed by atoms with Crippen LogP contribution in [-0.4, -0.2) is 45.4 Å². The van der Waals surface area contributed by atoms with Crippen molar-refractivity contribution in [3.63, 3.8) is 0 Å². The molecule has 1 amide bonds. The molecule has 0 bridgehead atoms. The van der Waals surface area contributed by atoms with Crippen LogP contribution < -0.4 is 15.4 Å². The molecule has 30 heavy (non-hydrogen) atoms. The van der Waals surface area contributed by atoms with Crippen molar-refractivity contribution in [2.45, 2.75) is 43.7 Å². The summed E-state index contributed by atoms with van der Waals surface area (Å²) in [5.74, 6) is -0.156. The number of nitrogens with zero attached hydrogens (tertiary/aromatic N) is 2. The summed E-state index contributed by atoms with van der Waals surface area (Å²) in [6.45, 7) is 4.67. The molecule has 0 aromatic heterocycles. The van der Waals surface area contributed by atoms with Crippen LogP contribution in [0, 0.1) is 0 Å². The number of para-hydroxylation sites is 1. The van der Waals surface area contributed by atoms with Gasteiger partial charge in [-0.2, -0.15) is 0 Å². The van der Waals surface area contributed by atoms with Gasteiger partial charge in [-0.3, -0.25) is 9.69 Å². The van der Waals surface area contributed by atoms with E-state index in [1.807, 2.05) is 24.9 Å². The van der Waals surface area contributed by atoms with Crippen molar-refractivity contribution in [2.75, 3.05) is 30.4 Å². The van der Waals surface area contributed by atoms with Crippen LogP contribution in [0.2, 0.25) is 0 Å². The Labute approximate surface area is 178 Å². The average Bonchev–Trinajstić information content (AvgIpc) is 2.74. The molecule has 3 rings (SSSR count). The third kappa shape index (κ3) is 5.59. The molecule has 8 heteroatoms. The Kier molecular flexibility index (Phi) is 7.12. The van der Waals surface area contributed by atoms with Crippen LogP contribution >= 0.6 is 0 Å². The first-order valence-corrected chi connectivity index (χ1v) is 11.8. The van der Waals surface area contributed by atoms with E-state index >= 15 is 0 Å². The van der Waals surface area contributed by atoms with Crippen LogP contribution in [0.5, 0.6) is 0 Å². The molecular weight excluding hydrogens is 400 g/mol. The molecule has 1 saturated heterocycles. The maximum absolute atomic E-state index is 12.7. The van der Waals surface area contributed by atoms with Gasteiger partial charge in [0.2, 0.25) is 15.9 Å². The number of carbonyl (C=O) groups is 1. The Morgan fingerprint density at radius 3 is 2.37 bits per heavy atom. The molecule has 162 valence electrons. The summed E-state index contributed by atoms with van der Waals surface area (Å²) >= 11 is 0. The fourth-order valence-electron chi connectivity index (χ4n) is 3.67. The van der Waals surface area contributed by atoms with E-state index in [9.17, 15) is 13.2 Å². The zero-order valence-corrected chi connectivity index (χ0v) is 18.4. The van der Waals surface area contributed by atoms with Gasteiger partial charge in [-0.1, -0.05) is 18.2 Å². The van der Waals surface area contributed by atoms with Crippen LogP contribution in [0.3, 0.4) is 0 Å². The Morgan fingerprint density at radius 1 is 1.10 bits per heavy atom. The van der Waals surface area contributed by atoms with Gasteiger partial charge < -0.3 is 10.2 Å². The normalized spacial score (nSPS) is 15.8. The Bertz CT molecular complexity index is 970. The van der Waals surface area contributed by atoms with Gasteiger partial charge in [0, 0.05) is 31.0 Å². The number of sulfonamides is 1. The van der Waals surface area contributed by atoms with Crippen molar-refractivity contribution >= 4 is 27.3 Å². The van der Waals surface area contributed by atoms with Gasteiger partial charge in [0.25, 0.3) is 0 Å². The third-order valence-corrected chi connectivity index (χ3v) is 6.53. The minimum absolute atomic E-state index is 0.0139. The number of rotatable bonds is 7. The summed E-state index contributed by atoms with van der Waals surface area (Å²) in [6, 6.07) is 13.9. The second-order valence-electron chi connectivity index (χ2n) is 7.83. The zero-order valence-electron chi connectivity index (χ0n) is 17.5. The summed E-state index contributed by atoms with van der Waals surface area (Å²) in [6.07, 6.45) is 3.72. The van der Waals surface area contributed by atoms with Crippen molar-refractivity contribution in [1.29, 1.82) is 0 Å². The highest BCUT2D eigenvalue weighted by Gasteiger charge is 2.21. The van der Waals surface area contributed by atoms with E-state index in [4.69, 9.17) is 5.14 Å². The highest BCUT2D eigenvalue weighted by molar-refractivity contribution is 7.89. The first-order valence-electron chi connectivity index (χ1n) is 10.2. The van der Waals surface area contributed by atoms with Gasteiger partial charge in [0.15, 0.2) is 0 Å². The molecule has 0 radical (unpaired) electrons. The fraction of sp³-hybridized carbons (Fsp3) is 0.409. The van der Waals surface area contributed by atoms with Gasteiger partial charge in [0.05, 0.1) is 10.9 Å². The van der Waals surface area contributed by atoms with Gasteiger partial charge >= 0.3 is 0 Å². The topological polar surface area (TPSA) is 95.7 Å². The minimum Gasteiger partial charge on any atom is -0.371 e. The number of benzene rings is 2. The maximum Gasteiger partial charge on any atom is 0.241 e. The predicted octanol–water partition coefficient (Wildman–Crippen LogP) is 2.78. The number of nitrogens with one attached hydrogen (secondary N) is 1. The molecule has 7 nitrogen and oxygen atoms in total. The van der Waals surface area contributed by atoms with Crippen LogP contribution in [0.1, 0.15) is 31.7 Å². The average molecular weight is 431 g/mol. The number of piperidine rings is 1. The highest BCUT2D eigenvalue weighted by atomic mass is 32.2. The van der Waals surface area contributed by atoms with Crippen molar-refractivity contribution < 1.29 is 13.2 Å². The monoisotopic (exact) mass is 430 g/mol. The van der Waals surface area contributed by atoms with E-state index in [1.165, 1.54) is 54.8 Å². The summed E-state index contributed by atoms with van der Waals surface area (Å²) < 4.78 is 22.7. The quantitative estimate of drug-likeness (QED) is 0.704. The number of hydrogen-bond acceptors (Lipinski definition) is 5. The Hall–Kier alpha value is -2.42. The lowest BCUT2D eigenvalue weighted by Gasteiger charge is -2.32. The molecule has 3 N–H and O–H groups in total. The predicted molar refractivity (Wildman–Crippen MR) is 120 cm³/mol. The molecule has 0 aliphatic carbocycles. The molecule has 0 unspecified atom stereocenters. The lowest BCUT2D eigenvalue weighted by molar-refractivity contribution is -0.120. The van der Waals surface area contributed by atoms with Gasteiger partial charge in [-0.25, -0.2) is 13.6 Å². The maximum atomic E-state index is 12.7. The van der Waals surface area contributed by atoms with E-state index in [0.717, 1.165) is 13.1 Å². The SMILES string of the molecule is C[C@@H](C(=O)Nc1ccc(S(N)(=O)=O)cc1)N(C)Cc1ccccc1N1CCCCC1. The van der Waals surface area contributed by atoms with Crippen LogP contribution in [0.25, 0.3) is 0 Å². The highest BCUT2D eigenvalue weighted by Crippen LogP contribution is 2.25. The summed E-state index contributed by atoms with van der Waals surface area (Å²) in [7, 11) is -1.82. The molecular formula is C22H30N4O3S. The van der Waals surface area contributed by atoms with E-state index in [0.29, 0.717) is 12.2 Å². The smallest absolute Gasteiger partial charge is 0.241 e. The number of primary sulfonamides is 1. The van der Waals surface area contributed by atoms with Crippen molar-refractivity contribution in [1.82, 2.24) is 4.90 Å². The second kappa shape index (κ2) is 9.59. The van der Waals surface area contributed by atoms with Crippen LogP contribution in [0.15, 0.2) is 53.4 Å². The van der Waals surface area contributed by atoms with Crippen molar-refractivity contribution in [3.8, 4) is 0 Å². The lowest BCUT2D eigenvalue weighted by atomic mass is 10.1. The van der Waals surface area contributed by atoms with Gasteiger partial charge in [-0.05, 0) is 69.1 Å². The number of nitrogens with two attached hydrogens (primary N) is 1. The molecule has 1 atom stereocenters. The number of anilines is 2. The molecule has 1 aliphatic heterocycles. The largest absolute Gasteiger partial charge is 0.371 e. The van der Waals surface area contributed by atoms with E-state index in [-0.39, 0.29) is 16.8 Å². The minimum atomic E-state index is -3.75. The number of hydrogen-bond donors (Lipinski definition) is 2. The van der Waals surface area contributed by atoms with Crippen LogP contribution in [0.4, 0.5) is 11.4 Å². The molecule has 0 saturated carbocycles. The first kappa shape index (κ1) is 22.3. The number of likely N-dealkylation sites (N-methyl/N-ethyl adjacent to an activating group) is 1. The molecule has 1 heterocycles. The fourth-order valence-corrected chi connectivity index (χ4v) is 4.18. The zero-order chi connectivity index (χ0) is 21.7. The lowest BCUT2D eigenvalue weighted by Crippen LogP contribution is -2.39. The summed E-state index contributed by atoms with van der Waals surface area (Å²) in [4.78, 5) is 17.2. The number of carbonyl (C=O) groups excluding carboxylic acids is 1. The van der Waals surface area contributed by atoms with Gasteiger partial charge in [-0.15, -0.1) is 0 Å². The molecule has 1 fully saturated rings. The third-order valence-electron chi connectivity index (χ3n) is 5.60. The Morgan fingerprint density at radius 2 is 1.73 bits per heavy atom. The Balaban J connectivity index is 1.64. The van der Waals surface area contributed by atoms with Crippen molar-refractivity contribution in [3.05, 3.63) is 54.1 Å². The van der Waals surface area contributed by atoms with E-state index < -0.39 is 10.0 Å². The molecule has 2 aromatic rings. The van der Waals surface area contributed by atoms with E-state index in [2.05, 4.69) is 28.4 Å². The standard InChI is InChI=1S/C22H30N4O3S/c1-17(22(27)24-19-10-12-20(13-11-19)30(23,28)29)25(2)16-18-8-4-5-9-21(18)26-14-6-3-7-15-26/h4-5,8-13,17H,3,6-7,14-16H2,1-2H3,(H,24,27)(H2,23,28,29)/t17-/m0/s1. The van der Waals surface area contributed by atoms with Gasteiger partial charge in [0.1, 0.15) is 0 Å². The number of amides is 1. The van der Waals surface area contributed by atoms with Crippen molar-refractivity contribution in [2.24, 2.45) is 5.14 Å². The summed E-state index contributed by atoms with van der Waals surface area (Å²) in [5.41, 5.74) is 2.98. The van der Waals surface area contributed by atoms with E-state index in [1.54, 1.807) is 0 Å². The molecule has 2 aromatic carbocycles.